The van der Waals surface area contributed by atoms with Gasteiger partial charge in [0.25, 0.3) is 0 Å². The smallest absolute Gasteiger partial charge is 0 e. The molecule has 0 saturated heterocycles. The molecule has 1 aromatic carbocycles. The highest BCUT2D eigenvalue weighted by Gasteiger charge is 1.93. The maximum Gasteiger partial charge on any atom is 0 e. The van der Waals surface area contributed by atoms with Crippen molar-refractivity contribution < 1.29 is 5.48 Å². The van der Waals surface area contributed by atoms with Gasteiger partial charge in [0.2, 0.25) is 0 Å². The van der Waals surface area contributed by atoms with Gasteiger partial charge >= 0.3 is 0 Å². The minimum atomic E-state index is 0. The zero-order chi connectivity index (χ0) is 6.69. The lowest BCUT2D eigenvalue weighted by atomic mass is 10.0. The summed E-state index contributed by atoms with van der Waals surface area (Å²) in [5, 5.41) is 0. The number of hydrogen-bond donors (Lipinski definition) is 0. The van der Waals surface area contributed by atoms with E-state index in [2.05, 4.69) is 38.1 Å². The van der Waals surface area contributed by atoms with Crippen molar-refractivity contribution >= 4 is 0 Å². The van der Waals surface area contributed by atoms with Gasteiger partial charge in [-0.1, -0.05) is 44.2 Å². The number of rotatable bonds is 1. The van der Waals surface area contributed by atoms with Gasteiger partial charge in [-0.25, -0.2) is 0 Å². The molecule has 1 aromatic rings. The van der Waals surface area contributed by atoms with Crippen molar-refractivity contribution in [2.75, 3.05) is 0 Å². The molecule has 10 heavy (non-hydrogen) atoms. The van der Waals surface area contributed by atoms with E-state index >= 15 is 0 Å². The van der Waals surface area contributed by atoms with Crippen LogP contribution in [0.2, 0.25) is 0 Å². The third-order valence-electron chi connectivity index (χ3n) is 1.47. The highest BCUT2D eigenvalue weighted by Crippen LogP contribution is 2.11. The Kier molecular flexibility index (Phi) is 3.74. The molecule has 0 spiro atoms. The van der Waals surface area contributed by atoms with Gasteiger partial charge in [0.05, 0.1) is 0 Å². The third kappa shape index (κ3) is 2.19. The van der Waals surface area contributed by atoms with Crippen molar-refractivity contribution in [1.29, 1.82) is 0 Å². The SMILES string of the molecule is CC(C)c1ccccc1.[O]. The van der Waals surface area contributed by atoms with Crippen LogP contribution in [0.5, 0.6) is 0 Å². The molecule has 0 aliphatic heterocycles. The van der Waals surface area contributed by atoms with Crippen LogP contribution >= 0.6 is 0 Å². The molecule has 54 valence electrons. The quantitative estimate of drug-likeness (QED) is 0.568. The first-order valence-electron chi connectivity index (χ1n) is 3.35. The molecular formula is C9H12O. The fourth-order valence-corrected chi connectivity index (χ4v) is 0.838. The van der Waals surface area contributed by atoms with Crippen LogP contribution in [0, 0.1) is 0 Å². The van der Waals surface area contributed by atoms with Gasteiger partial charge in [0.15, 0.2) is 0 Å². The molecule has 2 radical (unpaired) electrons. The van der Waals surface area contributed by atoms with Gasteiger partial charge in [-0.05, 0) is 11.5 Å². The van der Waals surface area contributed by atoms with Gasteiger partial charge in [-0.2, -0.15) is 0 Å². The molecular weight excluding hydrogens is 124 g/mol. The predicted octanol–water partition coefficient (Wildman–Crippen LogP) is 2.69. The van der Waals surface area contributed by atoms with E-state index in [-0.39, 0.29) is 5.48 Å². The van der Waals surface area contributed by atoms with E-state index in [1.807, 2.05) is 6.07 Å². The summed E-state index contributed by atoms with van der Waals surface area (Å²) in [4.78, 5) is 0. The van der Waals surface area contributed by atoms with Crippen LogP contribution in [0.3, 0.4) is 0 Å². The molecule has 1 heteroatoms. The summed E-state index contributed by atoms with van der Waals surface area (Å²) in [6.45, 7) is 4.41. The van der Waals surface area contributed by atoms with Crippen LogP contribution in [0.25, 0.3) is 0 Å². The first-order valence-corrected chi connectivity index (χ1v) is 3.35. The van der Waals surface area contributed by atoms with Crippen LogP contribution in [-0.2, 0) is 5.48 Å². The second-order valence-corrected chi connectivity index (χ2v) is 2.57. The summed E-state index contributed by atoms with van der Waals surface area (Å²) in [6.07, 6.45) is 0. The van der Waals surface area contributed by atoms with Crippen LogP contribution in [0.15, 0.2) is 30.3 Å². The first-order chi connectivity index (χ1) is 4.30. The van der Waals surface area contributed by atoms with Crippen molar-refractivity contribution in [2.45, 2.75) is 19.8 Å². The van der Waals surface area contributed by atoms with E-state index in [1.54, 1.807) is 0 Å². The first kappa shape index (κ1) is 9.18. The molecule has 0 aliphatic carbocycles. The normalized spacial score (nSPS) is 9.10. The summed E-state index contributed by atoms with van der Waals surface area (Å²) in [5.41, 5.74) is 1.41. The fourth-order valence-electron chi connectivity index (χ4n) is 0.838. The monoisotopic (exact) mass is 136 g/mol. The molecule has 0 bridgehead atoms. The standard InChI is InChI=1S/C9H12.O/c1-8(2)9-6-4-3-5-7-9;/h3-8H,1-2H3;. The zero-order valence-electron chi connectivity index (χ0n) is 6.37. The van der Waals surface area contributed by atoms with E-state index in [0.29, 0.717) is 5.92 Å². The van der Waals surface area contributed by atoms with Crippen molar-refractivity contribution in [1.82, 2.24) is 0 Å². The maximum absolute atomic E-state index is 2.20. The summed E-state index contributed by atoms with van der Waals surface area (Å²) in [7, 11) is 0. The van der Waals surface area contributed by atoms with Gasteiger partial charge < -0.3 is 0 Å². The van der Waals surface area contributed by atoms with Gasteiger partial charge in [-0.3, -0.25) is 0 Å². The molecule has 1 rings (SSSR count). The Hall–Kier alpha value is -0.820. The van der Waals surface area contributed by atoms with E-state index in [9.17, 15) is 0 Å². The van der Waals surface area contributed by atoms with E-state index < -0.39 is 0 Å². The topological polar surface area (TPSA) is 28.5 Å². The Morgan fingerprint density at radius 3 is 1.80 bits per heavy atom. The minimum absolute atomic E-state index is 0. The van der Waals surface area contributed by atoms with Crippen LogP contribution in [0.4, 0.5) is 0 Å². The summed E-state index contributed by atoms with van der Waals surface area (Å²) in [6, 6.07) is 10.5. The highest BCUT2D eigenvalue weighted by atomic mass is 16.0. The van der Waals surface area contributed by atoms with Gasteiger partial charge in [-0.15, -0.1) is 0 Å². The van der Waals surface area contributed by atoms with Crippen molar-refractivity contribution in [2.24, 2.45) is 0 Å². The molecule has 0 amide bonds. The molecule has 0 aromatic heterocycles. The Morgan fingerprint density at radius 2 is 1.50 bits per heavy atom. The van der Waals surface area contributed by atoms with Crippen LogP contribution < -0.4 is 0 Å². The van der Waals surface area contributed by atoms with Gasteiger partial charge in [0, 0.05) is 5.48 Å². The second-order valence-electron chi connectivity index (χ2n) is 2.57. The minimum Gasteiger partial charge on any atom is -0.0622 e. The van der Waals surface area contributed by atoms with E-state index in [1.165, 1.54) is 5.56 Å². The third-order valence-corrected chi connectivity index (χ3v) is 1.47. The molecule has 1 nitrogen and oxygen atoms in total. The van der Waals surface area contributed by atoms with E-state index in [4.69, 9.17) is 0 Å². The van der Waals surface area contributed by atoms with Gasteiger partial charge in [0.1, 0.15) is 0 Å². The van der Waals surface area contributed by atoms with Crippen LogP contribution in [0.1, 0.15) is 25.3 Å². The Balaban J connectivity index is 0.000000810. The summed E-state index contributed by atoms with van der Waals surface area (Å²) >= 11 is 0. The van der Waals surface area contributed by atoms with Crippen LogP contribution in [-0.4, -0.2) is 0 Å². The van der Waals surface area contributed by atoms with Crippen molar-refractivity contribution in [3.63, 3.8) is 0 Å². The molecule has 0 saturated carbocycles. The van der Waals surface area contributed by atoms with Crippen molar-refractivity contribution in [3.8, 4) is 0 Å². The lowest BCUT2D eigenvalue weighted by molar-refractivity contribution is 0.686. The molecule has 0 fully saturated rings. The molecule has 0 N–H and O–H groups in total. The molecule has 0 heterocycles. The summed E-state index contributed by atoms with van der Waals surface area (Å²) < 4.78 is 0. The van der Waals surface area contributed by atoms with Crippen molar-refractivity contribution in [3.05, 3.63) is 35.9 Å². The highest BCUT2D eigenvalue weighted by molar-refractivity contribution is 5.17. The molecule has 0 atom stereocenters. The number of benzene rings is 1. The maximum atomic E-state index is 2.20. The average molecular weight is 136 g/mol. The lowest BCUT2D eigenvalue weighted by Crippen LogP contribution is -1.83. The average Bonchev–Trinajstić information content (AvgIpc) is 1.90. The van der Waals surface area contributed by atoms with E-state index in [0.717, 1.165) is 0 Å². The zero-order valence-corrected chi connectivity index (χ0v) is 6.37. The Bertz CT molecular complexity index is 167. The summed E-state index contributed by atoms with van der Waals surface area (Å²) in [5.74, 6) is 0.659. The lowest BCUT2D eigenvalue weighted by Gasteiger charge is -2.01. The Morgan fingerprint density at radius 1 is 1.00 bits per heavy atom. The Labute approximate surface area is 62.0 Å². The fraction of sp³-hybridized carbons (Fsp3) is 0.333. The predicted molar refractivity (Wildman–Crippen MR) is 41.2 cm³/mol. The number of hydrogen-bond acceptors (Lipinski definition) is 0. The second kappa shape index (κ2) is 4.07. The largest absolute Gasteiger partial charge is 0.0622 e. The molecule has 0 aliphatic rings. The molecule has 0 unspecified atom stereocenters.